The van der Waals surface area contributed by atoms with Crippen LogP contribution in [0.2, 0.25) is 0 Å². The fourth-order valence-corrected chi connectivity index (χ4v) is 7.76. The molecule has 5 amide bonds. The van der Waals surface area contributed by atoms with E-state index in [4.69, 9.17) is 32.7 Å². The largest absolute Gasteiger partial charge is 0.473 e. The van der Waals surface area contributed by atoms with E-state index in [0.29, 0.717) is 0 Å². The highest BCUT2D eigenvalue weighted by Crippen LogP contribution is 2.49. The molecule has 2 heterocycles. The van der Waals surface area contributed by atoms with Crippen LogP contribution >= 0.6 is 7.82 Å². The molecule has 0 aromatic heterocycles. The van der Waals surface area contributed by atoms with Crippen LogP contribution in [0.4, 0.5) is 4.79 Å². The highest BCUT2D eigenvalue weighted by Gasteiger charge is 2.46. The maximum absolute atomic E-state index is 13.4. The zero-order valence-electron chi connectivity index (χ0n) is 37.6. The molecule has 1 unspecified atom stereocenters. The van der Waals surface area contributed by atoms with Gasteiger partial charge < -0.3 is 85.8 Å². The minimum absolute atomic E-state index is 0.0314. The van der Waals surface area contributed by atoms with Crippen LogP contribution in [0, 0.1) is 5.41 Å². The molecule has 2 fully saturated rings. The Morgan fingerprint density at radius 3 is 1.62 bits per heavy atom. The molecule has 2 aliphatic heterocycles. The molecule has 0 aliphatic carbocycles. The Bertz CT molecular complexity index is 1550. The van der Waals surface area contributed by atoms with Crippen molar-refractivity contribution in [3.05, 3.63) is 0 Å². The number of rotatable bonds is 24. The molecule has 0 aromatic carbocycles. The lowest BCUT2D eigenvalue weighted by Crippen LogP contribution is -2.64. The maximum atomic E-state index is 13.4. The number of alkyl carbamates (subject to hydrolysis) is 1. The van der Waals surface area contributed by atoms with Crippen molar-refractivity contribution < 1.29 is 96.8 Å². The molecular weight excluding hydrogens is 877 g/mol. The number of aliphatic hydroxyl groups excluding tert-OH is 6. The zero-order chi connectivity index (χ0) is 48.6. The number of phosphoric acid groups is 1. The lowest BCUT2D eigenvalue weighted by molar-refractivity contribution is -0.270. The van der Waals surface area contributed by atoms with Gasteiger partial charge in [-0.25, -0.2) is 9.36 Å². The molecule has 12 N–H and O–H groups in total. The van der Waals surface area contributed by atoms with E-state index in [9.17, 15) is 64.1 Å². The first-order valence-corrected chi connectivity index (χ1v) is 22.4. The first kappa shape index (κ1) is 57.0. The number of carbonyl (C=O) groups excluding carboxylic acids is 5. The third-order valence-electron chi connectivity index (χ3n) is 9.24. The number of amides is 5. The average Bonchev–Trinajstić information content (AvgIpc) is 3.16. The van der Waals surface area contributed by atoms with Gasteiger partial charge >= 0.3 is 13.9 Å². The predicted octanol–water partition coefficient (Wildman–Crippen LogP) is -2.86. The molecule has 0 spiro atoms. The summed E-state index contributed by atoms with van der Waals surface area (Å²) in [5.41, 5.74) is -1.53. The Kier molecular flexibility index (Phi) is 23.4. The van der Waals surface area contributed by atoms with Crippen LogP contribution in [0.3, 0.4) is 0 Å². The molecule has 25 nitrogen and oxygen atoms in total. The second-order valence-electron chi connectivity index (χ2n) is 17.6. The van der Waals surface area contributed by atoms with Crippen molar-refractivity contribution >= 4 is 37.5 Å². The third-order valence-corrected chi connectivity index (χ3v) is 10.6. The van der Waals surface area contributed by atoms with Crippen molar-refractivity contribution in [1.82, 2.24) is 26.6 Å². The average molecular weight is 948 g/mol. The van der Waals surface area contributed by atoms with Gasteiger partial charge in [0.1, 0.15) is 67.5 Å². The molecule has 2 saturated heterocycles. The van der Waals surface area contributed by atoms with Gasteiger partial charge in [0.15, 0.2) is 12.6 Å². The van der Waals surface area contributed by atoms with Gasteiger partial charge in [0.25, 0.3) is 0 Å². The van der Waals surface area contributed by atoms with Gasteiger partial charge in [0.05, 0.1) is 38.4 Å². The van der Waals surface area contributed by atoms with E-state index in [-0.39, 0.29) is 45.6 Å². The van der Waals surface area contributed by atoms with Crippen LogP contribution < -0.4 is 26.6 Å². The van der Waals surface area contributed by atoms with Crippen molar-refractivity contribution in [3.8, 4) is 0 Å². The smallest absolute Gasteiger partial charge is 0.447 e. The van der Waals surface area contributed by atoms with Crippen molar-refractivity contribution in [2.75, 3.05) is 46.1 Å². The molecular formula is C38H70N5O20P. The maximum Gasteiger partial charge on any atom is 0.473 e. The van der Waals surface area contributed by atoms with Crippen LogP contribution in [-0.4, -0.2) is 190 Å². The van der Waals surface area contributed by atoms with Crippen molar-refractivity contribution in [2.45, 2.75) is 160 Å². The number of hydrogen-bond donors (Lipinski definition) is 12. The van der Waals surface area contributed by atoms with E-state index in [1.807, 2.05) is 20.8 Å². The molecule has 2 rings (SSSR count). The number of phosphoric ester groups is 1. The molecule has 0 bridgehead atoms. The van der Waals surface area contributed by atoms with Crippen LogP contribution in [0.5, 0.6) is 0 Å². The van der Waals surface area contributed by atoms with Crippen LogP contribution in [0.1, 0.15) is 81.1 Å². The lowest BCUT2D eigenvalue weighted by atomic mass is 9.89. The SMILES string of the molecule is CC(=O)N[C@H]1[C@H](OCCCNC(=O)C[C@H](NC(=O)OC[C@@H](CC(C)(C)C)OP(=O)(O)OC(C)(C)C)C(=O)NCCCO[C@@H]2O[C@H](CO)[C@H](O)[C@H](O)[C@H]2NC(C)=O)O[C@H](CO)[C@H](O)[C@@H]1O. The van der Waals surface area contributed by atoms with E-state index in [2.05, 4.69) is 26.6 Å². The fourth-order valence-electron chi connectivity index (χ4n) is 6.52. The highest BCUT2D eigenvalue weighted by atomic mass is 31.2. The summed E-state index contributed by atoms with van der Waals surface area (Å²) < 4.78 is 50.9. The summed E-state index contributed by atoms with van der Waals surface area (Å²) in [6.45, 7) is 10.3. The summed E-state index contributed by atoms with van der Waals surface area (Å²) in [6, 6.07) is -3.91. The van der Waals surface area contributed by atoms with E-state index in [0.717, 1.165) is 0 Å². The normalized spacial score (nSPS) is 28.2. The van der Waals surface area contributed by atoms with Gasteiger partial charge in [-0.15, -0.1) is 0 Å². The molecule has 2 aliphatic rings. The Morgan fingerprint density at radius 2 is 1.20 bits per heavy atom. The van der Waals surface area contributed by atoms with Gasteiger partial charge in [0.2, 0.25) is 23.6 Å². The van der Waals surface area contributed by atoms with Crippen molar-refractivity contribution in [1.29, 1.82) is 0 Å². The summed E-state index contributed by atoms with van der Waals surface area (Å²) in [5, 5.41) is 72.8. The highest BCUT2D eigenvalue weighted by molar-refractivity contribution is 7.47. The van der Waals surface area contributed by atoms with Crippen LogP contribution in [0.25, 0.3) is 0 Å². The second-order valence-corrected chi connectivity index (χ2v) is 19.0. The van der Waals surface area contributed by atoms with Gasteiger partial charge in [-0.05, 0) is 45.4 Å². The van der Waals surface area contributed by atoms with Gasteiger partial charge in [-0.1, -0.05) is 20.8 Å². The monoisotopic (exact) mass is 947 g/mol. The van der Waals surface area contributed by atoms with E-state index in [1.54, 1.807) is 20.8 Å². The third kappa shape index (κ3) is 20.6. The number of carbonyl (C=O) groups is 5. The summed E-state index contributed by atoms with van der Waals surface area (Å²) in [5.74, 6) is -2.64. The van der Waals surface area contributed by atoms with Crippen molar-refractivity contribution in [3.63, 3.8) is 0 Å². The van der Waals surface area contributed by atoms with Gasteiger partial charge in [-0.3, -0.25) is 28.2 Å². The Balaban J connectivity index is 2.09. The Labute approximate surface area is 372 Å². The molecule has 13 atom stereocenters. The standard InChI is InChI=1S/C38H70N5O20P/c1-20(46)41-27-31(51)29(49)24(17-44)60-34(27)57-13-9-11-39-26(48)15-23(43-36(54)59-19-22(16-37(3,4)5)62-64(55,56)63-38(6,7)8)33(53)40-12-10-14-58-35-28(42-21(2)47)32(52)30(50)25(18-45)61-35/h22-25,27-32,34-35,44-45,49-52H,9-19H2,1-8H3,(H,39,48)(H,40,53)(H,41,46)(H,42,47)(H,43,54)(H,55,56)/t22-,23+,24-,25-,27-,28-,29+,30+,31-,32-,34-,35-/m1/s1. The van der Waals surface area contributed by atoms with Gasteiger partial charge in [-0.2, -0.15) is 0 Å². The molecule has 0 radical (unpaired) electrons. The molecule has 0 aromatic rings. The molecule has 26 heteroatoms. The van der Waals surface area contributed by atoms with E-state index in [1.165, 1.54) is 13.8 Å². The lowest BCUT2D eigenvalue weighted by Gasteiger charge is -2.42. The molecule has 0 saturated carbocycles. The summed E-state index contributed by atoms with van der Waals surface area (Å²) in [6.07, 6.45) is -13.6. The minimum Gasteiger partial charge on any atom is -0.447 e. The topological polar surface area (TPSA) is 369 Å². The predicted molar refractivity (Wildman–Crippen MR) is 220 cm³/mol. The molecule has 372 valence electrons. The Hall–Kier alpha value is -3.14. The minimum atomic E-state index is -4.63. The van der Waals surface area contributed by atoms with Crippen molar-refractivity contribution in [2.24, 2.45) is 5.41 Å². The number of nitrogens with one attached hydrogen (secondary N) is 5. The second kappa shape index (κ2) is 26.3. The van der Waals surface area contributed by atoms with Crippen LogP contribution in [0.15, 0.2) is 0 Å². The number of ether oxygens (including phenoxy) is 5. The Morgan fingerprint density at radius 1 is 0.734 bits per heavy atom. The first-order chi connectivity index (χ1) is 29.7. The van der Waals surface area contributed by atoms with E-state index >= 15 is 0 Å². The molecule has 64 heavy (non-hydrogen) atoms. The summed E-state index contributed by atoms with van der Waals surface area (Å²) in [7, 11) is -4.63. The van der Waals surface area contributed by atoms with Crippen LogP contribution in [-0.2, 0) is 56.5 Å². The first-order valence-electron chi connectivity index (χ1n) is 20.9. The zero-order valence-corrected chi connectivity index (χ0v) is 38.5. The fraction of sp³-hybridized carbons (Fsp3) is 0.868. The summed E-state index contributed by atoms with van der Waals surface area (Å²) in [4.78, 5) is 73.4. The summed E-state index contributed by atoms with van der Waals surface area (Å²) >= 11 is 0. The number of aliphatic hydroxyl groups is 6. The van der Waals surface area contributed by atoms with Gasteiger partial charge in [0, 0.05) is 26.9 Å². The number of hydrogen-bond acceptors (Lipinski definition) is 19. The van der Waals surface area contributed by atoms with E-state index < -0.39 is 148 Å². The quantitative estimate of drug-likeness (QED) is 0.0342.